The van der Waals surface area contributed by atoms with Gasteiger partial charge in [0.25, 0.3) is 0 Å². The number of rotatable bonds is 1. The van der Waals surface area contributed by atoms with E-state index in [4.69, 9.17) is 5.73 Å². The van der Waals surface area contributed by atoms with Gasteiger partial charge in [0.15, 0.2) is 0 Å². The van der Waals surface area contributed by atoms with Gasteiger partial charge in [-0.15, -0.1) is 0 Å². The van der Waals surface area contributed by atoms with Crippen LogP contribution in [-0.2, 0) is 0 Å². The van der Waals surface area contributed by atoms with Crippen LogP contribution in [0.4, 0.5) is 11.5 Å². The van der Waals surface area contributed by atoms with Gasteiger partial charge in [0, 0.05) is 31.4 Å². The summed E-state index contributed by atoms with van der Waals surface area (Å²) in [6.45, 7) is 6.51. The van der Waals surface area contributed by atoms with Crippen LogP contribution in [0.3, 0.4) is 0 Å². The smallest absolute Gasteiger partial charge is 0.146 e. The van der Waals surface area contributed by atoms with Crippen molar-refractivity contribution in [3.05, 3.63) is 18.3 Å². The predicted molar refractivity (Wildman–Crippen MR) is 67.5 cm³/mol. The third-order valence-corrected chi connectivity index (χ3v) is 3.52. The van der Waals surface area contributed by atoms with E-state index in [1.54, 1.807) is 6.20 Å². The maximum Gasteiger partial charge on any atom is 0.146 e. The molecule has 4 nitrogen and oxygen atoms in total. The molecule has 0 aliphatic carbocycles. The minimum absolute atomic E-state index is 0.545. The summed E-state index contributed by atoms with van der Waals surface area (Å²) in [6.07, 6.45) is 1.74. The average Bonchev–Trinajstić information content (AvgIpc) is 2.26. The summed E-state index contributed by atoms with van der Waals surface area (Å²) in [5.41, 5.74) is 6.97. The van der Waals surface area contributed by atoms with Crippen LogP contribution in [0, 0.1) is 0 Å². The average molecular weight is 220 g/mol. The highest BCUT2D eigenvalue weighted by atomic mass is 15.3. The lowest BCUT2D eigenvalue weighted by Gasteiger charge is -2.43. The summed E-state index contributed by atoms with van der Waals surface area (Å²) in [7, 11) is 2.18. The molecule has 2 heterocycles. The molecule has 0 spiro atoms. The first-order valence-corrected chi connectivity index (χ1v) is 5.77. The monoisotopic (exact) mass is 220 g/mol. The molecule has 88 valence electrons. The molecule has 0 bridgehead atoms. The van der Waals surface area contributed by atoms with E-state index in [2.05, 4.69) is 35.7 Å². The highest BCUT2D eigenvalue weighted by Gasteiger charge is 2.27. The van der Waals surface area contributed by atoms with Crippen molar-refractivity contribution in [2.24, 2.45) is 0 Å². The zero-order chi connectivity index (χ0) is 11.7. The largest absolute Gasteiger partial charge is 0.382 e. The Morgan fingerprint density at radius 3 is 2.50 bits per heavy atom. The second-order valence-corrected chi connectivity index (χ2v) is 4.68. The second kappa shape index (κ2) is 4.29. The van der Waals surface area contributed by atoms with Crippen molar-refractivity contribution in [2.75, 3.05) is 30.8 Å². The minimum atomic E-state index is 0.545. The van der Waals surface area contributed by atoms with Gasteiger partial charge in [-0.05, 0) is 33.0 Å². The van der Waals surface area contributed by atoms with Crippen molar-refractivity contribution in [1.82, 2.24) is 9.88 Å². The quantitative estimate of drug-likeness (QED) is 0.772. The first-order valence-electron chi connectivity index (χ1n) is 5.77. The predicted octanol–water partition coefficient (Wildman–Crippen LogP) is 1.19. The van der Waals surface area contributed by atoms with Crippen LogP contribution in [0.25, 0.3) is 0 Å². The van der Waals surface area contributed by atoms with Crippen molar-refractivity contribution in [1.29, 1.82) is 0 Å². The number of nitrogens with zero attached hydrogens (tertiary/aromatic N) is 3. The molecule has 0 saturated carbocycles. The Morgan fingerprint density at radius 1 is 1.31 bits per heavy atom. The van der Waals surface area contributed by atoms with E-state index in [0.29, 0.717) is 17.9 Å². The Hall–Kier alpha value is -1.29. The van der Waals surface area contributed by atoms with E-state index in [0.717, 1.165) is 18.8 Å². The zero-order valence-corrected chi connectivity index (χ0v) is 10.2. The van der Waals surface area contributed by atoms with Gasteiger partial charge < -0.3 is 10.6 Å². The van der Waals surface area contributed by atoms with Gasteiger partial charge in [0.1, 0.15) is 5.82 Å². The Labute approximate surface area is 97.1 Å². The lowest BCUT2D eigenvalue weighted by atomic mass is 10.1. The molecule has 1 aliphatic heterocycles. The number of nitrogen functional groups attached to an aromatic ring is 1. The molecule has 1 saturated heterocycles. The minimum Gasteiger partial charge on any atom is -0.382 e. The number of nitrogens with two attached hydrogens (primary N) is 1. The molecule has 2 atom stereocenters. The Bertz CT molecular complexity index is 354. The molecule has 0 aromatic carbocycles. The number of anilines is 2. The number of pyridine rings is 1. The van der Waals surface area contributed by atoms with Gasteiger partial charge in [-0.1, -0.05) is 0 Å². The molecule has 2 unspecified atom stereocenters. The Kier molecular flexibility index (Phi) is 3.01. The summed E-state index contributed by atoms with van der Waals surface area (Å²) in [4.78, 5) is 8.88. The lowest BCUT2D eigenvalue weighted by molar-refractivity contribution is 0.170. The van der Waals surface area contributed by atoms with E-state index in [1.165, 1.54) is 0 Å². The molecule has 16 heavy (non-hydrogen) atoms. The molecule has 0 radical (unpaired) electrons. The van der Waals surface area contributed by atoms with E-state index < -0.39 is 0 Å². The van der Waals surface area contributed by atoms with Crippen LogP contribution in [0.15, 0.2) is 18.3 Å². The van der Waals surface area contributed by atoms with Crippen molar-refractivity contribution in [3.63, 3.8) is 0 Å². The third kappa shape index (κ3) is 1.97. The van der Waals surface area contributed by atoms with Crippen LogP contribution in [0.5, 0.6) is 0 Å². The number of hydrogen-bond donors (Lipinski definition) is 1. The lowest BCUT2D eigenvalue weighted by Crippen LogP contribution is -2.55. The van der Waals surface area contributed by atoms with Crippen molar-refractivity contribution >= 4 is 11.5 Å². The molecule has 1 fully saturated rings. The van der Waals surface area contributed by atoms with Gasteiger partial charge in [-0.25, -0.2) is 4.98 Å². The van der Waals surface area contributed by atoms with Crippen molar-refractivity contribution in [3.8, 4) is 0 Å². The summed E-state index contributed by atoms with van der Waals surface area (Å²) in [5, 5.41) is 0. The topological polar surface area (TPSA) is 45.4 Å². The fourth-order valence-electron chi connectivity index (χ4n) is 2.28. The van der Waals surface area contributed by atoms with Crippen molar-refractivity contribution < 1.29 is 0 Å². The summed E-state index contributed by atoms with van der Waals surface area (Å²) in [5.74, 6) is 0.631. The summed E-state index contributed by atoms with van der Waals surface area (Å²) >= 11 is 0. The fraction of sp³-hybridized carbons (Fsp3) is 0.583. The van der Waals surface area contributed by atoms with Crippen molar-refractivity contribution in [2.45, 2.75) is 25.9 Å². The molecule has 2 N–H and O–H groups in total. The van der Waals surface area contributed by atoms with E-state index >= 15 is 0 Å². The molecule has 2 rings (SSSR count). The molecule has 1 aromatic rings. The number of aromatic nitrogens is 1. The van der Waals surface area contributed by atoms with Crippen LogP contribution < -0.4 is 10.6 Å². The number of hydrogen-bond acceptors (Lipinski definition) is 4. The maximum absolute atomic E-state index is 5.91. The molecular weight excluding hydrogens is 200 g/mol. The van der Waals surface area contributed by atoms with Crippen LogP contribution in [-0.4, -0.2) is 42.1 Å². The molecular formula is C12H20N4. The van der Waals surface area contributed by atoms with Crippen LogP contribution in [0.1, 0.15) is 13.8 Å². The highest BCUT2D eigenvalue weighted by molar-refractivity contribution is 5.63. The number of likely N-dealkylation sites (N-methyl/N-ethyl adjacent to an activating group) is 1. The summed E-state index contributed by atoms with van der Waals surface area (Å²) < 4.78 is 0. The normalized spacial score (nSPS) is 27.1. The second-order valence-electron chi connectivity index (χ2n) is 4.68. The fourth-order valence-corrected chi connectivity index (χ4v) is 2.28. The third-order valence-electron chi connectivity index (χ3n) is 3.52. The Balaban J connectivity index is 2.20. The van der Waals surface area contributed by atoms with E-state index in [1.807, 2.05) is 12.1 Å². The maximum atomic E-state index is 5.91. The van der Waals surface area contributed by atoms with Crippen LogP contribution >= 0.6 is 0 Å². The highest BCUT2D eigenvalue weighted by Crippen LogP contribution is 2.24. The first-order chi connectivity index (χ1) is 7.59. The Morgan fingerprint density at radius 2 is 1.94 bits per heavy atom. The molecule has 4 heteroatoms. The standard InChI is InChI=1S/C12H20N4/c1-9-7-16(8-10(2)15(9)3)11-5-4-6-14-12(11)13/h4-6,9-10H,7-8H2,1-3H3,(H2,13,14). The number of piperazine rings is 1. The van der Waals surface area contributed by atoms with Gasteiger partial charge in [0.05, 0.1) is 5.69 Å². The van der Waals surface area contributed by atoms with Gasteiger partial charge in [-0.2, -0.15) is 0 Å². The van der Waals surface area contributed by atoms with E-state index in [-0.39, 0.29) is 0 Å². The van der Waals surface area contributed by atoms with Gasteiger partial charge >= 0.3 is 0 Å². The van der Waals surface area contributed by atoms with Crippen LogP contribution in [0.2, 0.25) is 0 Å². The first kappa shape index (κ1) is 11.2. The van der Waals surface area contributed by atoms with Gasteiger partial charge in [0.2, 0.25) is 0 Å². The molecule has 0 amide bonds. The SMILES string of the molecule is CC1CN(c2cccnc2N)CC(C)N1C. The summed E-state index contributed by atoms with van der Waals surface area (Å²) in [6, 6.07) is 5.08. The zero-order valence-electron chi connectivity index (χ0n) is 10.2. The molecule has 1 aliphatic rings. The van der Waals surface area contributed by atoms with Gasteiger partial charge in [-0.3, -0.25) is 4.90 Å². The molecule has 1 aromatic heterocycles. The van der Waals surface area contributed by atoms with E-state index in [9.17, 15) is 0 Å².